The molecule has 1 aliphatic heterocycles. The highest BCUT2D eigenvalue weighted by atomic mass is 16.6. The summed E-state index contributed by atoms with van der Waals surface area (Å²) in [6.07, 6.45) is 3.69. The second-order valence-electron chi connectivity index (χ2n) is 7.27. The van der Waals surface area contributed by atoms with Crippen LogP contribution in [0.15, 0.2) is 30.3 Å². The summed E-state index contributed by atoms with van der Waals surface area (Å²) in [5.41, 5.74) is 1.08. The van der Waals surface area contributed by atoms with Crippen LogP contribution < -0.4 is 5.32 Å². The normalized spacial score (nSPS) is 21.2. The Morgan fingerprint density at radius 2 is 1.96 bits per heavy atom. The lowest BCUT2D eigenvalue weighted by atomic mass is 9.85. The van der Waals surface area contributed by atoms with Gasteiger partial charge in [0.2, 0.25) is 5.91 Å². The number of amides is 1. The molecule has 0 bridgehead atoms. The molecule has 1 spiro atoms. The number of aromatic nitrogens is 2. The molecule has 2 heterocycles. The number of carbonyl (C=O) groups is 2. The van der Waals surface area contributed by atoms with Crippen molar-refractivity contribution in [1.82, 2.24) is 9.55 Å². The Kier molecular flexibility index (Phi) is 4.05. The minimum atomic E-state index is -0.609. The molecular formula is C20H23N3O3. The van der Waals surface area contributed by atoms with E-state index in [4.69, 9.17) is 4.74 Å². The van der Waals surface area contributed by atoms with Crippen molar-refractivity contribution in [2.24, 2.45) is 13.0 Å². The fourth-order valence-electron chi connectivity index (χ4n) is 4.20. The largest absolute Gasteiger partial charge is 0.458 e. The number of hydrogen-bond acceptors (Lipinski definition) is 4. The van der Waals surface area contributed by atoms with Crippen LogP contribution in [-0.2, 0) is 21.4 Å². The summed E-state index contributed by atoms with van der Waals surface area (Å²) in [5.74, 6) is 0.616. The lowest BCUT2D eigenvalue weighted by molar-refractivity contribution is -0.149. The van der Waals surface area contributed by atoms with Crippen LogP contribution in [0.2, 0.25) is 0 Å². The summed E-state index contributed by atoms with van der Waals surface area (Å²) in [4.78, 5) is 29.6. The third-order valence-electron chi connectivity index (χ3n) is 5.70. The predicted molar refractivity (Wildman–Crippen MR) is 97.4 cm³/mol. The molecule has 1 aromatic carbocycles. The molecular weight excluding hydrogens is 330 g/mol. The van der Waals surface area contributed by atoms with Crippen LogP contribution >= 0.6 is 0 Å². The van der Waals surface area contributed by atoms with Crippen LogP contribution in [0.1, 0.15) is 37.9 Å². The van der Waals surface area contributed by atoms with Crippen molar-refractivity contribution in [1.29, 1.82) is 0 Å². The third kappa shape index (κ3) is 2.69. The highest BCUT2D eigenvalue weighted by Gasteiger charge is 2.54. The predicted octanol–water partition coefficient (Wildman–Crippen LogP) is 3.21. The maximum Gasteiger partial charge on any atom is 0.307 e. The van der Waals surface area contributed by atoms with Crippen LogP contribution in [0.5, 0.6) is 0 Å². The summed E-state index contributed by atoms with van der Waals surface area (Å²) in [6.45, 7) is 1.91. The summed E-state index contributed by atoms with van der Waals surface area (Å²) < 4.78 is 7.48. The molecule has 2 aromatic rings. The minimum Gasteiger partial charge on any atom is -0.458 e. The molecule has 6 nitrogen and oxygen atoms in total. The zero-order chi connectivity index (χ0) is 18.3. The molecule has 136 valence electrons. The van der Waals surface area contributed by atoms with Gasteiger partial charge in [-0.05, 0) is 32.6 Å². The van der Waals surface area contributed by atoms with Gasteiger partial charge in [0.1, 0.15) is 22.9 Å². The van der Waals surface area contributed by atoms with Crippen LogP contribution in [-0.4, -0.2) is 27.0 Å². The Hall–Kier alpha value is -2.63. The fourth-order valence-corrected chi connectivity index (χ4v) is 4.20. The van der Waals surface area contributed by atoms with Gasteiger partial charge in [0, 0.05) is 12.6 Å². The van der Waals surface area contributed by atoms with Crippen LogP contribution in [0, 0.1) is 12.8 Å². The van der Waals surface area contributed by atoms with E-state index in [1.807, 2.05) is 48.9 Å². The van der Waals surface area contributed by atoms with Crippen molar-refractivity contribution >= 4 is 17.7 Å². The number of aryl methyl sites for hydroxylation is 1. The first-order chi connectivity index (χ1) is 12.5. The first-order valence-electron chi connectivity index (χ1n) is 9.12. The summed E-state index contributed by atoms with van der Waals surface area (Å²) in [5, 5.41) is 3.04. The molecule has 4 rings (SSSR count). The Labute approximate surface area is 152 Å². The average Bonchev–Trinajstić information content (AvgIpc) is 3.31. The molecule has 1 N–H and O–H groups in total. The first-order valence-corrected chi connectivity index (χ1v) is 9.12. The van der Waals surface area contributed by atoms with Crippen molar-refractivity contribution in [2.45, 2.75) is 44.6 Å². The molecule has 1 unspecified atom stereocenters. The average molecular weight is 353 g/mol. The van der Waals surface area contributed by atoms with Crippen molar-refractivity contribution in [3.8, 4) is 11.3 Å². The monoisotopic (exact) mass is 353 g/mol. The molecule has 1 saturated carbocycles. The van der Waals surface area contributed by atoms with Crippen LogP contribution in [0.25, 0.3) is 11.3 Å². The van der Waals surface area contributed by atoms with E-state index in [2.05, 4.69) is 10.3 Å². The van der Waals surface area contributed by atoms with E-state index in [0.29, 0.717) is 5.82 Å². The van der Waals surface area contributed by atoms with Crippen molar-refractivity contribution < 1.29 is 14.3 Å². The lowest BCUT2D eigenvalue weighted by Crippen LogP contribution is -2.40. The van der Waals surface area contributed by atoms with Gasteiger partial charge >= 0.3 is 5.97 Å². The van der Waals surface area contributed by atoms with Gasteiger partial charge in [0.25, 0.3) is 0 Å². The number of ether oxygens (including phenoxy) is 1. The van der Waals surface area contributed by atoms with Crippen molar-refractivity contribution in [3.63, 3.8) is 0 Å². The van der Waals surface area contributed by atoms with E-state index in [-0.39, 0.29) is 18.3 Å². The van der Waals surface area contributed by atoms with E-state index in [9.17, 15) is 9.59 Å². The van der Waals surface area contributed by atoms with E-state index in [0.717, 1.165) is 42.8 Å². The second-order valence-corrected chi connectivity index (χ2v) is 7.27. The van der Waals surface area contributed by atoms with Gasteiger partial charge in [-0.3, -0.25) is 9.59 Å². The molecule has 26 heavy (non-hydrogen) atoms. The van der Waals surface area contributed by atoms with E-state index < -0.39 is 11.5 Å². The Morgan fingerprint density at radius 3 is 2.65 bits per heavy atom. The Bertz CT molecular complexity index is 851. The number of carbonyl (C=O) groups excluding carboxylic acids is 2. The zero-order valence-corrected chi connectivity index (χ0v) is 15.1. The molecule has 0 radical (unpaired) electrons. The first kappa shape index (κ1) is 16.8. The molecule has 1 aliphatic carbocycles. The van der Waals surface area contributed by atoms with E-state index >= 15 is 0 Å². The number of nitrogens with one attached hydrogen (secondary N) is 1. The number of imidazole rings is 1. The number of benzene rings is 1. The van der Waals surface area contributed by atoms with Crippen molar-refractivity contribution in [3.05, 3.63) is 36.2 Å². The molecule has 2 aliphatic rings. The molecule has 1 atom stereocenters. The smallest absolute Gasteiger partial charge is 0.307 e. The number of nitrogens with zero attached hydrogens (tertiary/aromatic N) is 2. The number of rotatable bonds is 3. The molecule has 2 fully saturated rings. The SMILES string of the molecule is Cc1nc(-c2ccccc2)c(NC(=O)C2CC(=O)OC23CCCC3)n1C. The van der Waals surface area contributed by atoms with Gasteiger partial charge < -0.3 is 14.6 Å². The Balaban J connectivity index is 1.65. The Morgan fingerprint density at radius 1 is 1.27 bits per heavy atom. The van der Waals surface area contributed by atoms with Gasteiger partial charge in [-0.2, -0.15) is 0 Å². The highest BCUT2D eigenvalue weighted by Crippen LogP contribution is 2.46. The summed E-state index contributed by atoms with van der Waals surface area (Å²) in [7, 11) is 1.88. The molecule has 6 heteroatoms. The quantitative estimate of drug-likeness (QED) is 0.860. The molecule has 1 aromatic heterocycles. The third-order valence-corrected chi connectivity index (χ3v) is 5.70. The zero-order valence-electron chi connectivity index (χ0n) is 15.1. The standard InChI is InChI=1S/C20H23N3O3/c1-13-21-17(14-8-4-3-5-9-14)18(23(13)2)22-19(25)15-12-16(24)26-20(15)10-6-7-11-20/h3-5,8-9,15H,6-7,10-12H2,1-2H3,(H,22,25). The topological polar surface area (TPSA) is 73.2 Å². The molecule has 1 saturated heterocycles. The van der Waals surface area contributed by atoms with Gasteiger partial charge in [0.05, 0.1) is 12.3 Å². The van der Waals surface area contributed by atoms with Crippen molar-refractivity contribution in [2.75, 3.05) is 5.32 Å². The van der Waals surface area contributed by atoms with Gasteiger partial charge in [-0.25, -0.2) is 4.98 Å². The maximum absolute atomic E-state index is 13.1. The lowest BCUT2D eigenvalue weighted by Gasteiger charge is -2.28. The number of hydrogen-bond donors (Lipinski definition) is 1. The summed E-state index contributed by atoms with van der Waals surface area (Å²) >= 11 is 0. The second kappa shape index (κ2) is 6.27. The number of esters is 1. The fraction of sp³-hybridized carbons (Fsp3) is 0.450. The minimum absolute atomic E-state index is 0.155. The van der Waals surface area contributed by atoms with Gasteiger partial charge in [-0.15, -0.1) is 0 Å². The number of anilines is 1. The van der Waals surface area contributed by atoms with E-state index in [1.54, 1.807) is 0 Å². The van der Waals surface area contributed by atoms with Gasteiger partial charge in [0.15, 0.2) is 0 Å². The van der Waals surface area contributed by atoms with Gasteiger partial charge in [-0.1, -0.05) is 30.3 Å². The highest BCUT2D eigenvalue weighted by molar-refractivity contribution is 5.98. The van der Waals surface area contributed by atoms with E-state index in [1.165, 1.54) is 0 Å². The summed E-state index contributed by atoms with van der Waals surface area (Å²) in [6, 6.07) is 9.78. The van der Waals surface area contributed by atoms with Crippen LogP contribution in [0.4, 0.5) is 5.82 Å². The molecule has 1 amide bonds. The maximum atomic E-state index is 13.1. The van der Waals surface area contributed by atoms with Crippen LogP contribution in [0.3, 0.4) is 0 Å².